The van der Waals surface area contributed by atoms with Crippen LogP contribution in [0.25, 0.3) is 0 Å². The van der Waals surface area contributed by atoms with Gasteiger partial charge in [-0.2, -0.15) is 0 Å². The van der Waals surface area contributed by atoms with Crippen LogP contribution in [-0.2, 0) is 16.1 Å². The summed E-state index contributed by atoms with van der Waals surface area (Å²) in [5, 5.41) is 17.8. The standard InChI is InChI=1S/C19H23FN4O4S/c1-10-4-5-13(14(20)6-10)7-22-16(26)9-23-19(28)17(11(2)25)24-18(27)15-8-21-12(3)29-15/h4-6,8,11,17,25H,7,9H2,1-3H3,(H,22,26)(H,23,28)(H,24,27)/t11-,17?/m1/s1. The fraction of sp³-hybridized carbons (Fsp3) is 0.368. The topological polar surface area (TPSA) is 120 Å². The maximum Gasteiger partial charge on any atom is 0.263 e. The summed E-state index contributed by atoms with van der Waals surface area (Å²) < 4.78 is 13.8. The van der Waals surface area contributed by atoms with Gasteiger partial charge in [0.15, 0.2) is 0 Å². The molecule has 1 heterocycles. The lowest BCUT2D eigenvalue weighted by Crippen LogP contribution is -2.53. The van der Waals surface area contributed by atoms with E-state index in [1.165, 1.54) is 19.2 Å². The zero-order valence-corrected chi connectivity index (χ0v) is 17.1. The van der Waals surface area contributed by atoms with Crippen LogP contribution in [0.1, 0.15) is 32.7 Å². The van der Waals surface area contributed by atoms with Crippen molar-refractivity contribution in [2.24, 2.45) is 0 Å². The Bertz CT molecular complexity index is 900. The molecule has 2 atom stereocenters. The van der Waals surface area contributed by atoms with Crippen molar-refractivity contribution in [3.8, 4) is 0 Å². The van der Waals surface area contributed by atoms with Crippen LogP contribution in [0, 0.1) is 19.7 Å². The number of carbonyl (C=O) groups excluding carboxylic acids is 3. The van der Waals surface area contributed by atoms with E-state index >= 15 is 0 Å². The molecule has 29 heavy (non-hydrogen) atoms. The third-order valence-electron chi connectivity index (χ3n) is 4.00. The maximum atomic E-state index is 13.8. The quantitative estimate of drug-likeness (QED) is 0.502. The van der Waals surface area contributed by atoms with E-state index in [0.717, 1.165) is 16.9 Å². The van der Waals surface area contributed by atoms with E-state index in [2.05, 4.69) is 20.9 Å². The lowest BCUT2D eigenvalue weighted by molar-refractivity contribution is -0.128. The number of nitrogens with one attached hydrogen (secondary N) is 3. The van der Waals surface area contributed by atoms with E-state index in [1.807, 2.05) is 0 Å². The average molecular weight is 422 g/mol. The van der Waals surface area contributed by atoms with Crippen molar-refractivity contribution in [1.29, 1.82) is 0 Å². The Hall–Kier alpha value is -2.85. The van der Waals surface area contributed by atoms with Crippen LogP contribution >= 0.6 is 11.3 Å². The van der Waals surface area contributed by atoms with Gasteiger partial charge in [0.05, 0.1) is 23.9 Å². The van der Waals surface area contributed by atoms with Gasteiger partial charge in [-0.1, -0.05) is 12.1 Å². The molecule has 1 aromatic carbocycles. The molecule has 0 aliphatic rings. The number of nitrogens with zero attached hydrogens (tertiary/aromatic N) is 1. The molecule has 0 saturated carbocycles. The van der Waals surface area contributed by atoms with Gasteiger partial charge in [0.2, 0.25) is 11.8 Å². The maximum absolute atomic E-state index is 13.8. The third-order valence-corrected chi connectivity index (χ3v) is 4.92. The van der Waals surface area contributed by atoms with Crippen molar-refractivity contribution in [3.63, 3.8) is 0 Å². The van der Waals surface area contributed by atoms with E-state index < -0.39 is 35.7 Å². The van der Waals surface area contributed by atoms with Crippen LogP contribution in [0.5, 0.6) is 0 Å². The van der Waals surface area contributed by atoms with Gasteiger partial charge in [-0.3, -0.25) is 14.4 Å². The summed E-state index contributed by atoms with van der Waals surface area (Å²) in [6.45, 7) is 4.44. The van der Waals surface area contributed by atoms with Crippen molar-refractivity contribution >= 4 is 29.1 Å². The van der Waals surface area contributed by atoms with Crippen molar-refractivity contribution in [2.75, 3.05) is 6.54 Å². The highest BCUT2D eigenvalue weighted by molar-refractivity contribution is 7.13. The van der Waals surface area contributed by atoms with Crippen molar-refractivity contribution in [1.82, 2.24) is 20.9 Å². The first kappa shape index (κ1) is 22.4. The molecule has 0 bridgehead atoms. The minimum Gasteiger partial charge on any atom is -0.391 e. The van der Waals surface area contributed by atoms with Crippen molar-refractivity contribution < 1.29 is 23.9 Å². The molecule has 0 fully saturated rings. The number of aliphatic hydroxyl groups is 1. The molecule has 10 heteroatoms. The molecule has 0 aliphatic heterocycles. The number of aryl methyl sites for hydroxylation is 2. The van der Waals surface area contributed by atoms with E-state index in [9.17, 15) is 23.9 Å². The predicted octanol–water partition coefficient (Wildman–Crippen LogP) is 0.811. The summed E-state index contributed by atoms with van der Waals surface area (Å²) in [6.07, 6.45) is 0.196. The molecule has 156 valence electrons. The summed E-state index contributed by atoms with van der Waals surface area (Å²) in [4.78, 5) is 40.7. The molecule has 0 saturated heterocycles. The first-order valence-electron chi connectivity index (χ1n) is 8.88. The Morgan fingerprint density at radius 2 is 1.97 bits per heavy atom. The van der Waals surface area contributed by atoms with E-state index in [4.69, 9.17) is 0 Å². The second kappa shape index (κ2) is 10.1. The number of carbonyl (C=O) groups is 3. The summed E-state index contributed by atoms with van der Waals surface area (Å²) in [5.74, 6) is -2.22. The minimum absolute atomic E-state index is 0.0257. The number of benzene rings is 1. The number of rotatable bonds is 8. The van der Waals surface area contributed by atoms with Gasteiger partial charge in [-0.05, 0) is 32.4 Å². The van der Waals surface area contributed by atoms with E-state index in [0.29, 0.717) is 15.4 Å². The first-order chi connectivity index (χ1) is 13.7. The highest BCUT2D eigenvalue weighted by atomic mass is 32.1. The lowest BCUT2D eigenvalue weighted by Gasteiger charge is -2.20. The van der Waals surface area contributed by atoms with Crippen molar-refractivity contribution in [3.05, 3.63) is 51.2 Å². The smallest absolute Gasteiger partial charge is 0.263 e. The fourth-order valence-corrected chi connectivity index (χ4v) is 3.09. The molecule has 0 aliphatic carbocycles. The van der Waals surface area contributed by atoms with Gasteiger partial charge in [-0.15, -0.1) is 11.3 Å². The number of hydrogen-bond donors (Lipinski definition) is 4. The number of aromatic nitrogens is 1. The summed E-state index contributed by atoms with van der Waals surface area (Å²) in [5.41, 5.74) is 1.09. The molecule has 0 spiro atoms. The summed E-state index contributed by atoms with van der Waals surface area (Å²) in [6, 6.07) is 3.42. The van der Waals surface area contributed by atoms with Gasteiger partial charge in [0.25, 0.3) is 5.91 Å². The van der Waals surface area contributed by atoms with Gasteiger partial charge in [0, 0.05) is 12.1 Å². The Morgan fingerprint density at radius 3 is 2.55 bits per heavy atom. The fourth-order valence-electron chi connectivity index (χ4n) is 2.41. The summed E-state index contributed by atoms with van der Waals surface area (Å²) >= 11 is 1.15. The highest BCUT2D eigenvalue weighted by Crippen LogP contribution is 2.12. The largest absolute Gasteiger partial charge is 0.391 e. The van der Waals surface area contributed by atoms with Gasteiger partial charge >= 0.3 is 0 Å². The van der Waals surface area contributed by atoms with Crippen LogP contribution < -0.4 is 16.0 Å². The van der Waals surface area contributed by atoms with Gasteiger partial charge in [0.1, 0.15) is 16.7 Å². The van der Waals surface area contributed by atoms with Crippen LogP contribution in [0.2, 0.25) is 0 Å². The second-order valence-corrected chi connectivity index (χ2v) is 7.76. The normalized spacial score (nSPS) is 12.7. The molecular weight excluding hydrogens is 399 g/mol. The molecule has 3 amide bonds. The van der Waals surface area contributed by atoms with Gasteiger partial charge in [-0.25, -0.2) is 9.37 Å². The third kappa shape index (κ3) is 6.61. The molecule has 2 aromatic rings. The zero-order chi connectivity index (χ0) is 21.6. The Morgan fingerprint density at radius 1 is 1.24 bits per heavy atom. The zero-order valence-electron chi connectivity index (χ0n) is 16.3. The average Bonchev–Trinajstić information content (AvgIpc) is 3.09. The summed E-state index contributed by atoms with van der Waals surface area (Å²) in [7, 11) is 0. The van der Waals surface area contributed by atoms with Crippen molar-refractivity contribution in [2.45, 2.75) is 39.5 Å². The Labute approximate surface area is 171 Å². The van der Waals surface area contributed by atoms with E-state index in [-0.39, 0.29) is 13.1 Å². The monoisotopic (exact) mass is 422 g/mol. The lowest BCUT2D eigenvalue weighted by atomic mass is 10.1. The number of amides is 3. The molecule has 0 radical (unpaired) electrons. The van der Waals surface area contributed by atoms with Crippen LogP contribution in [0.3, 0.4) is 0 Å². The minimum atomic E-state index is -1.24. The number of aliphatic hydroxyl groups excluding tert-OH is 1. The number of halogens is 1. The number of hydrogen-bond acceptors (Lipinski definition) is 6. The Balaban J connectivity index is 1.85. The molecule has 4 N–H and O–H groups in total. The molecule has 2 rings (SSSR count). The van der Waals surface area contributed by atoms with Gasteiger partial charge < -0.3 is 21.1 Å². The van der Waals surface area contributed by atoms with Crippen LogP contribution in [-0.4, -0.2) is 46.5 Å². The van der Waals surface area contributed by atoms with Crippen LogP contribution in [0.4, 0.5) is 4.39 Å². The SMILES string of the molecule is Cc1ccc(CNC(=O)CNC(=O)C(NC(=O)c2cnc(C)s2)[C@@H](C)O)c(F)c1. The molecule has 8 nitrogen and oxygen atoms in total. The van der Waals surface area contributed by atoms with Crippen LogP contribution in [0.15, 0.2) is 24.4 Å². The number of thiazole rings is 1. The molecule has 1 unspecified atom stereocenters. The Kier molecular flexibility index (Phi) is 7.80. The second-order valence-electron chi connectivity index (χ2n) is 6.52. The molecular formula is C19H23FN4O4S. The first-order valence-corrected chi connectivity index (χ1v) is 9.70. The molecule has 1 aromatic heterocycles. The van der Waals surface area contributed by atoms with E-state index in [1.54, 1.807) is 26.0 Å². The highest BCUT2D eigenvalue weighted by Gasteiger charge is 2.27. The predicted molar refractivity (Wildman–Crippen MR) is 106 cm³/mol.